The molecule has 0 spiro atoms. The zero-order valence-corrected chi connectivity index (χ0v) is 12.7. The first-order chi connectivity index (χ1) is 10.0. The van der Waals surface area contributed by atoms with Gasteiger partial charge in [-0.3, -0.25) is 14.5 Å². The number of hydrogen-bond donors (Lipinski definition) is 0. The van der Waals surface area contributed by atoms with Crippen LogP contribution in [0.5, 0.6) is 0 Å². The maximum atomic E-state index is 12.1. The van der Waals surface area contributed by atoms with Gasteiger partial charge in [-0.05, 0) is 18.1 Å². The Morgan fingerprint density at radius 1 is 1.48 bits per heavy atom. The third kappa shape index (κ3) is 3.81. The molecule has 0 N–H and O–H groups in total. The Morgan fingerprint density at radius 3 is 2.90 bits per heavy atom. The number of carbonyl (C=O) groups is 3. The number of anilines is 1. The average molecular weight is 308 g/mol. The minimum atomic E-state index is -0.535. The van der Waals surface area contributed by atoms with E-state index in [2.05, 4.69) is 9.72 Å². The molecule has 1 aromatic heterocycles. The third-order valence-corrected chi connectivity index (χ3v) is 4.18. The number of pyridine rings is 1. The van der Waals surface area contributed by atoms with Crippen LogP contribution in [0.3, 0.4) is 0 Å². The lowest BCUT2D eigenvalue weighted by atomic mass is 10.1. The monoisotopic (exact) mass is 308 g/mol. The Balaban J connectivity index is 2.10. The lowest BCUT2D eigenvalue weighted by Crippen LogP contribution is -2.26. The van der Waals surface area contributed by atoms with Gasteiger partial charge in [0.25, 0.3) is 0 Å². The van der Waals surface area contributed by atoms with Gasteiger partial charge in [0.15, 0.2) is 10.8 Å². The lowest BCUT2D eigenvalue weighted by molar-refractivity contribution is -0.117. The molecule has 1 saturated heterocycles. The number of carbonyl (C=O) groups excluding carboxylic acids is 3. The van der Waals surface area contributed by atoms with Crippen LogP contribution in [0, 0.1) is 5.92 Å². The summed E-state index contributed by atoms with van der Waals surface area (Å²) in [4.78, 5) is 40.2. The fraction of sp³-hybridized carbons (Fsp3) is 0.429. The van der Waals surface area contributed by atoms with Crippen LogP contribution < -0.4 is 4.90 Å². The summed E-state index contributed by atoms with van der Waals surface area (Å²) in [7, 11) is 1.28. The van der Waals surface area contributed by atoms with Gasteiger partial charge in [0, 0.05) is 25.6 Å². The number of esters is 1. The van der Waals surface area contributed by atoms with E-state index in [0.29, 0.717) is 24.5 Å². The molecule has 2 rings (SSSR count). The Bertz CT molecular complexity index is 576. The largest absolute Gasteiger partial charge is 0.464 e. The Morgan fingerprint density at radius 2 is 2.24 bits per heavy atom. The number of ether oxygens (including phenoxy) is 1. The second kappa shape index (κ2) is 6.71. The molecular formula is C14H16N2O4S. The molecule has 0 radical (unpaired) electrons. The summed E-state index contributed by atoms with van der Waals surface area (Å²) in [6.45, 7) is 2.03. The van der Waals surface area contributed by atoms with Crippen LogP contribution in [0.15, 0.2) is 18.2 Å². The molecule has 1 unspecified atom stereocenters. The highest BCUT2D eigenvalue weighted by atomic mass is 32.2. The van der Waals surface area contributed by atoms with Crippen molar-refractivity contribution in [1.29, 1.82) is 0 Å². The SMILES string of the molecule is COC(=O)c1cccc(N2CC(CSC(C)=O)CC2=O)n1. The van der Waals surface area contributed by atoms with E-state index in [-0.39, 0.29) is 22.6 Å². The van der Waals surface area contributed by atoms with Crippen molar-refractivity contribution in [1.82, 2.24) is 4.98 Å². The summed E-state index contributed by atoms with van der Waals surface area (Å²) in [5.74, 6) is 0.605. The first-order valence-corrected chi connectivity index (χ1v) is 7.49. The highest BCUT2D eigenvalue weighted by Crippen LogP contribution is 2.26. The predicted molar refractivity (Wildman–Crippen MR) is 79.2 cm³/mol. The molecule has 21 heavy (non-hydrogen) atoms. The van der Waals surface area contributed by atoms with E-state index in [4.69, 9.17) is 0 Å². The molecule has 1 amide bonds. The molecule has 112 valence electrons. The number of amides is 1. The van der Waals surface area contributed by atoms with Crippen molar-refractivity contribution in [3.05, 3.63) is 23.9 Å². The smallest absolute Gasteiger partial charge is 0.356 e. The number of methoxy groups -OCH3 is 1. The molecule has 1 atom stereocenters. The summed E-state index contributed by atoms with van der Waals surface area (Å²) in [5, 5.41) is 0.0479. The molecule has 1 fully saturated rings. The molecule has 1 aliphatic heterocycles. The highest BCUT2D eigenvalue weighted by molar-refractivity contribution is 8.13. The van der Waals surface area contributed by atoms with E-state index in [1.807, 2.05) is 0 Å². The van der Waals surface area contributed by atoms with Gasteiger partial charge >= 0.3 is 5.97 Å². The van der Waals surface area contributed by atoms with Crippen molar-refractivity contribution < 1.29 is 19.1 Å². The van der Waals surface area contributed by atoms with Crippen LogP contribution in [0.1, 0.15) is 23.8 Å². The summed E-state index contributed by atoms with van der Waals surface area (Å²) in [6, 6.07) is 4.89. The van der Waals surface area contributed by atoms with Crippen LogP contribution >= 0.6 is 11.8 Å². The first-order valence-electron chi connectivity index (χ1n) is 6.50. The van der Waals surface area contributed by atoms with E-state index < -0.39 is 5.97 Å². The molecule has 1 aliphatic rings. The van der Waals surface area contributed by atoms with Gasteiger partial charge in [-0.2, -0.15) is 0 Å². The van der Waals surface area contributed by atoms with E-state index >= 15 is 0 Å². The molecule has 0 aliphatic carbocycles. The minimum absolute atomic E-state index is 0.0429. The maximum Gasteiger partial charge on any atom is 0.356 e. The fourth-order valence-electron chi connectivity index (χ4n) is 2.14. The number of aromatic nitrogens is 1. The van der Waals surface area contributed by atoms with Crippen molar-refractivity contribution in [2.45, 2.75) is 13.3 Å². The topological polar surface area (TPSA) is 76.6 Å². The van der Waals surface area contributed by atoms with Crippen LogP contribution in [0.4, 0.5) is 5.82 Å². The molecule has 2 heterocycles. The quantitative estimate of drug-likeness (QED) is 0.785. The second-order valence-corrected chi connectivity index (χ2v) is 5.95. The standard InChI is InChI=1S/C14H16N2O4S/c1-9(17)21-8-10-6-13(18)16(7-10)12-5-3-4-11(15-12)14(19)20-2/h3-5,10H,6-8H2,1-2H3. The van der Waals surface area contributed by atoms with Gasteiger partial charge in [0.05, 0.1) is 7.11 Å². The normalized spacial score (nSPS) is 17.9. The number of hydrogen-bond acceptors (Lipinski definition) is 6. The van der Waals surface area contributed by atoms with Crippen LogP contribution in [-0.2, 0) is 14.3 Å². The third-order valence-electron chi connectivity index (χ3n) is 3.13. The minimum Gasteiger partial charge on any atom is -0.464 e. The molecular weight excluding hydrogens is 292 g/mol. The molecule has 0 saturated carbocycles. The van der Waals surface area contributed by atoms with Crippen LogP contribution in [0.2, 0.25) is 0 Å². The van der Waals surface area contributed by atoms with Gasteiger partial charge < -0.3 is 4.74 Å². The summed E-state index contributed by atoms with van der Waals surface area (Å²) >= 11 is 1.23. The zero-order chi connectivity index (χ0) is 15.4. The fourth-order valence-corrected chi connectivity index (χ4v) is 2.84. The molecule has 0 aromatic carbocycles. The van der Waals surface area contributed by atoms with E-state index in [1.54, 1.807) is 23.1 Å². The lowest BCUT2D eigenvalue weighted by Gasteiger charge is -2.16. The summed E-state index contributed by atoms with van der Waals surface area (Å²) in [5.41, 5.74) is 0.171. The van der Waals surface area contributed by atoms with E-state index in [9.17, 15) is 14.4 Å². The molecule has 6 nitrogen and oxygen atoms in total. The van der Waals surface area contributed by atoms with Crippen molar-refractivity contribution in [2.24, 2.45) is 5.92 Å². The van der Waals surface area contributed by atoms with Crippen LogP contribution in [0.25, 0.3) is 0 Å². The number of thioether (sulfide) groups is 1. The predicted octanol–water partition coefficient (Wildman–Crippen LogP) is 1.50. The number of nitrogens with zero attached hydrogens (tertiary/aromatic N) is 2. The van der Waals surface area contributed by atoms with Gasteiger partial charge in [0.1, 0.15) is 5.82 Å². The van der Waals surface area contributed by atoms with Crippen molar-refractivity contribution in [3.63, 3.8) is 0 Å². The molecule has 0 bridgehead atoms. The van der Waals surface area contributed by atoms with Gasteiger partial charge in [0.2, 0.25) is 5.91 Å². The van der Waals surface area contributed by atoms with Gasteiger partial charge in [-0.1, -0.05) is 17.8 Å². The Kier molecular flexibility index (Phi) is 4.95. The maximum absolute atomic E-state index is 12.1. The van der Waals surface area contributed by atoms with Crippen molar-refractivity contribution >= 4 is 34.6 Å². The highest BCUT2D eigenvalue weighted by Gasteiger charge is 2.31. The van der Waals surface area contributed by atoms with Crippen molar-refractivity contribution in [2.75, 3.05) is 24.3 Å². The average Bonchev–Trinajstić information content (AvgIpc) is 2.85. The van der Waals surface area contributed by atoms with Gasteiger partial charge in [-0.25, -0.2) is 9.78 Å². The Labute approximate surface area is 126 Å². The molecule has 7 heteroatoms. The summed E-state index contributed by atoms with van der Waals surface area (Å²) in [6.07, 6.45) is 0.393. The van der Waals surface area contributed by atoms with Crippen molar-refractivity contribution in [3.8, 4) is 0 Å². The number of rotatable bonds is 4. The second-order valence-electron chi connectivity index (χ2n) is 4.75. The first kappa shape index (κ1) is 15.5. The zero-order valence-electron chi connectivity index (χ0n) is 11.9. The van der Waals surface area contributed by atoms with E-state index in [0.717, 1.165) is 0 Å². The van der Waals surface area contributed by atoms with Crippen LogP contribution in [-0.4, -0.2) is 41.4 Å². The Hall–Kier alpha value is -1.89. The van der Waals surface area contributed by atoms with Gasteiger partial charge in [-0.15, -0.1) is 0 Å². The molecule has 1 aromatic rings. The summed E-state index contributed by atoms with van der Waals surface area (Å²) < 4.78 is 4.62. The van der Waals surface area contributed by atoms with E-state index in [1.165, 1.54) is 25.8 Å².